The standard InChI is InChI=1S/C22H24N6O2/c29-17-9-12-27(14-17)21(30)15-5-7-16(8-6-15)28(22-23-10-2-11-24-22)20-4-1-3-19-18(20)13-25-26-19/h1-4,10-11,13,15-16H,5-9,12,14H2,(H,25,26). The number of amides is 1. The monoisotopic (exact) mass is 404 g/mol. The summed E-state index contributed by atoms with van der Waals surface area (Å²) in [6.45, 7) is 0.856. The van der Waals surface area contributed by atoms with Crippen LogP contribution in [-0.4, -0.2) is 55.9 Å². The minimum absolute atomic E-state index is 0.00425. The summed E-state index contributed by atoms with van der Waals surface area (Å²) in [5, 5.41) is 8.26. The third kappa shape index (κ3) is 3.42. The molecule has 1 amide bonds. The molecule has 1 saturated carbocycles. The first-order valence-electron chi connectivity index (χ1n) is 10.5. The predicted octanol–water partition coefficient (Wildman–Crippen LogP) is 2.85. The predicted molar refractivity (Wildman–Crippen MR) is 112 cm³/mol. The average Bonchev–Trinajstić information content (AvgIpc) is 3.44. The van der Waals surface area contributed by atoms with Gasteiger partial charge in [-0.1, -0.05) is 6.07 Å². The van der Waals surface area contributed by atoms with E-state index in [4.69, 9.17) is 0 Å². The Hall–Kier alpha value is -3.29. The molecule has 154 valence electrons. The molecule has 8 heteroatoms. The second kappa shape index (κ2) is 7.85. The first kappa shape index (κ1) is 18.7. The highest BCUT2D eigenvalue weighted by atomic mass is 16.2. The molecule has 0 spiro atoms. The Labute approximate surface area is 174 Å². The Morgan fingerprint density at radius 1 is 1.10 bits per heavy atom. The quantitative estimate of drug-likeness (QED) is 0.718. The van der Waals surface area contributed by atoms with Crippen molar-refractivity contribution in [2.45, 2.75) is 38.1 Å². The third-order valence-electron chi connectivity index (χ3n) is 6.24. The second-order valence-corrected chi connectivity index (χ2v) is 8.08. The summed E-state index contributed by atoms with van der Waals surface area (Å²) in [6.07, 6.45) is 9.18. The van der Waals surface area contributed by atoms with E-state index in [1.807, 2.05) is 24.4 Å². The number of hydrogen-bond acceptors (Lipinski definition) is 6. The number of Topliss-reactive ketones (excluding diaryl/α,β-unsaturated/α-hetero) is 1. The van der Waals surface area contributed by atoms with Gasteiger partial charge in [0.05, 0.1) is 23.9 Å². The number of rotatable bonds is 4. The fourth-order valence-corrected chi connectivity index (χ4v) is 4.70. The molecular weight excluding hydrogens is 380 g/mol. The molecule has 1 aliphatic heterocycles. The Bertz CT molecular complexity index is 1060. The van der Waals surface area contributed by atoms with Crippen molar-refractivity contribution in [3.8, 4) is 0 Å². The minimum atomic E-state index is -0.00425. The number of aromatic nitrogens is 4. The Kier molecular flexibility index (Phi) is 4.90. The maximum atomic E-state index is 12.8. The Balaban J connectivity index is 1.39. The van der Waals surface area contributed by atoms with Crippen molar-refractivity contribution in [2.75, 3.05) is 18.0 Å². The second-order valence-electron chi connectivity index (χ2n) is 8.08. The van der Waals surface area contributed by atoms with Crippen molar-refractivity contribution < 1.29 is 9.59 Å². The summed E-state index contributed by atoms with van der Waals surface area (Å²) in [4.78, 5) is 37.3. The van der Waals surface area contributed by atoms with Crippen LogP contribution in [0.15, 0.2) is 42.9 Å². The van der Waals surface area contributed by atoms with Crippen LogP contribution in [0, 0.1) is 5.92 Å². The van der Waals surface area contributed by atoms with Gasteiger partial charge in [0, 0.05) is 42.7 Å². The number of carbonyl (C=O) groups is 2. The van der Waals surface area contributed by atoms with E-state index >= 15 is 0 Å². The zero-order chi connectivity index (χ0) is 20.5. The number of fused-ring (bicyclic) bond motifs is 1. The van der Waals surface area contributed by atoms with Gasteiger partial charge in [0.2, 0.25) is 11.9 Å². The van der Waals surface area contributed by atoms with Crippen molar-refractivity contribution in [2.24, 2.45) is 5.92 Å². The first-order valence-corrected chi connectivity index (χ1v) is 10.5. The number of benzene rings is 1. The van der Waals surface area contributed by atoms with Crippen LogP contribution in [0.1, 0.15) is 32.1 Å². The Morgan fingerprint density at radius 2 is 1.90 bits per heavy atom. The van der Waals surface area contributed by atoms with Gasteiger partial charge >= 0.3 is 0 Å². The molecule has 1 aliphatic carbocycles. The Morgan fingerprint density at radius 3 is 2.63 bits per heavy atom. The van der Waals surface area contributed by atoms with Crippen LogP contribution in [0.25, 0.3) is 10.9 Å². The zero-order valence-corrected chi connectivity index (χ0v) is 16.7. The minimum Gasteiger partial charge on any atom is -0.335 e. The molecule has 2 fully saturated rings. The van der Waals surface area contributed by atoms with E-state index in [9.17, 15) is 9.59 Å². The van der Waals surface area contributed by atoms with Gasteiger partial charge in [-0.25, -0.2) is 9.97 Å². The molecule has 2 aromatic heterocycles. The van der Waals surface area contributed by atoms with Gasteiger partial charge in [0.25, 0.3) is 0 Å². The number of nitrogens with zero attached hydrogens (tertiary/aromatic N) is 5. The van der Waals surface area contributed by atoms with Crippen LogP contribution in [-0.2, 0) is 9.59 Å². The van der Waals surface area contributed by atoms with Crippen LogP contribution < -0.4 is 4.90 Å². The molecule has 3 heterocycles. The van der Waals surface area contributed by atoms with Crippen LogP contribution in [0.3, 0.4) is 0 Å². The van der Waals surface area contributed by atoms with Gasteiger partial charge in [-0.3, -0.25) is 14.7 Å². The van der Waals surface area contributed by atoms with Gasteiger partial charge in [-0.05, 0) is 43.9 Å². The van der Waals surface area contributed by atoms with Crippen molar-refractivity contribution in [1.29, 1.82) is 0 Å². The molecule has 0 bridgehead atoms. The SMILES string of the molecule is O=C1CCN(C(=O)C2CCC(N(c3ncccn3)c3cccc4[nH]ncc34)CC2)C1. The lowest BCUT2D eigenvalue weighted by Gasteiger charge is -2.37. The summed E-state index contributed by atoms with van der Waals surface area (Å²) in [5.41, 5.74) is 1.99. The highest BCUT2D eigenvalue weighted by molar-refractivity contribution is 5.93. The molecule has 1 aromatic carbocycles. The number of anilines is 2. The molecule has 0 atom stereocenters. The number of ketones is 1. The van der Waals surface area contributed by atoms with Crippen molar-refractivity contribution >= 4 is 34.2 Å². The number of aromatic amines is 1. The van der Waals surface area contributed by atoms with Gasteiger partial charge in [0.1, 0.15) is 0 Å². The van der Waals surface area contributed by atoms with E-state index < -0.39 is 0 Å². The van der Waals surface area contributed by atoms with E-state index in [1.54, 1.807) is 17.3 Å². The number of likely N-dealkylation sites (tertiary alicyclic amines) is 1. The van der Waals surface area contributed by atoms with Crippen LogP contribution in [0.4, 0.5) is 11.6 Å². The molecular formula is C22H24N6O2. The van der Waals surface area contributed by atoms with E-state index in [1.165, 1.54) is 0 Å². The fourth-order valence-electron chi connectivity index (χ4n) is 4.70. The van der Waals surface area contributed by atoms with Gasteiger partial charge in [-0.2, -0.15) is 5.10 Å². The third-order valence-corrected chi connectivity index (χ3v) is 6.24. The number of carbonyl (C=O) groups excluding carboxylic acids is 2. The maximum Gasteiger partial charge on any atom is 0.230 e. The summed E-state index contributed by atoms with van der Waals surface area (Å²) in [7, 11) is 0. The van der Waals surface area contributed by atoms with Gasteiger partial charge < -0.3 is 9.80 Å². The van der Waals surface area contributed by atoms with Crippen LogP contribution >= 0.6 is 0 Å². The number of hydrogen-bond donors (Lipinski definition) is 1. The summed E-state index contributed by atoms with van der Waals surface area (Å²) in [5.74, 6) is 0.956. The molecule has 1 N–H and O–H groups in total. The van der Waals surface area contributed by atoms with E-state index in [0.29, 0.717) is 18.9 Å². The summed E-state index contributed by atoms with van der Waals surface area (Å²) < 4.78 is 0. The van der Waals surface area contributed by atoms with Crippen molar-refractivity contribution in [3.05, 3.63) is 42.9 Å². The highest BCUT2D eigenvalue weighted by Crippen LogP contribution is 2.37. The smallest absolute Gasteiger partial charge is 0.230 e. The molecule has 30 heavy (non-hydrogen) atoms. The number of nitrogens with one attached hydrogen (secondary N) is 1. The molecule has 0 unspecified atom stereocenters. The normalized spacial score (nSPS) is 21.9. The maximum absolute atomic E-state index is 12.8. The van der Waals surface area contributed by atoms with E-state index in [2.05, 4.69) is 31.1 Å². The first-order chi connectivity index (χ1) is 14.7. The van der Waals surface area contributed by atoms with E-state index in [0.717, 1.165) is 42.3 Å². The summed E-state index contributed by atoms with van der Waals surface area (Å²) >= 11 is 0. The fraction of sp³-hybridized carbons (Fsp3) is 0.409. The number of H-pyrrole nitrogens is 1. The molecule has 1 saturated heterocycles. The van der Waals surface area contributed by atoms with Crippen molar-refractivity contribution in [1.82, 2.24) is 25.1 Å². The molecule has 2 aliphatic rings. The van der Waals surface area contributed by atoms with Crippen LogP contribution in [0.5, 0.6) is 0 Å². The van der Waals surface area contributed by atoms with Crippen LogP contribution in [0.2, 0.25) is 0 Å². The largest absolute Gasteiger partial charge is 0.335 e. The zero-order valence-electron chi connectivity index (χ0n) is 16.7. The van der Waals surface area contributed by atoms with E-state index in [-0.39, 0.29) is 30.2 Å². The molecule has 0 radical (unpaired) electrons. The van der Waals surface area contributed by atoms with Gasteiger partial charge in [-0.15, -0.1) is 0 Å². The lowest BCUT2D eigenvalue weighted by atomic mass is 9.84. The lowest BCUT2D eigenvalue weighted by Crippen LogP contribution is -2.41. The van der Waals surface area contributed by atoms with Crippen molar-refractivity contribution in [3.63, 3.8) is 0 Å². The highest BCUT2D eigenvalue weighted by Gasteiger charge is 2.35. The molecule has 3 aromatic rings. The summed E-state index contributed by atoms with van der Waals surface area (Å²) in [6, 6.07) is 8.08. The average molecular weight is 404 g/mol. The molecule has 5 rings (SSSR count). The van der Waals surface area contributed by atoms with Gasteiger partial charge in [0.15, 0.2) is 5.78 Å². The lowest BCUT2D eigenvalue weighted by molar-refractivity contribution is -0.136. The topological polar surface area (TPSA) is 95.1 Å². The molecule has 8 nitrogen and oxygen atoms in total.